The van der Waals surface area contributed by atoms with E-state index >= 15 is 0 Å². The molecule has 0 saturated heterocycles. The van der Waals surface area contributed by atoms with Crippen LogP contribution in [0.4, 0.5) is 0 Å². The van der Waals surface area contributed by atoms with Crippen LogP contribution in [0.3, 0.4) is 0 Å². The van der Waals surface area contributed by atoms with Crippen molar-refractivity contribution >= 4 is 19.4 Å². The van der Waals surface area contributed by atoms with Gasteiger partial charge in [-0.2, -0.15) is 0 Å². The molecule has 0 unspecified atom stereocenters. The summed E-state index contributed by atoms with van der Waals surface area (Å²) in [5.74, 6) is 1.11. The maximum Gasteiger partial charge on any atom is 0.530 e. The molecule has 0 aliphatic heterocycles. The molecule has 0 aliphatic carbocycles. The van der Waals surface area contributed by atoms with Crippen molar-refractivity contribution in [1.82, 2.24) is 0 Å². The molecule has 0 aliphatic rings. The van der Waals surface area contributed by atoms with E-state index in [2.05, 4.69) is 0 Å². The van der Waals surface area contributed by atoms with E-state index in [0.717, 1.165) is 5.56 Å². The Morgan fingerprint density at radius 3 is 1.86 bits per heavy atom. The minimum atomic E-state index is -3.74. The highest BCUT2D eigenvalue weighted by Crippen LogP contribution is 2.54. The van der Waals surface area contributed by atoms with E-state index in [0.29, 0.717) is 11.5 Å². The molecule has 1 aromatic carbocycles. The molecule has 0 amide bonds. The first-order chi connectivity index (χ1) is 10.0. The fourth-order valence-electron chi connectivity index (χ4n) is 1.62. The zero-order valence-electron chi connectivity index (χ0n) is 12.6. The SMILES string of the molecule is CCOP(=O)(OCC)Oc1c(OC)cc(CCl)cc1OC. The summed E-state index contributed by atoms with van der Waals surface area (Å²) >= 11 is 5.81. The van der Waals surface area contributed by atoms with Crippen LogP contribution in [-0.4, -0.2) is 27.4 Å². The molecule has 0 radical (unpaired) electrons. The summed E-state index contributed by atoms with van der Waals surface area (Å²) in [5, 5.41) is 0. The van der Waals surface area contributed by atoms with Gasteiger partial charge in [0.15, 0.2) is 11.5 Å². The molecule has 1 rings (SSSR count). The predicted molar refractivity (Wildman–Crippen MR) is 80.6 cm³/mol. The topological polar surface area (TPSA) is 63.2 Å². The Kier molecular flexibility index (Phi) is 7.32. The highest BCUT2D eigenvalue weighted by atomic mass is 35.5. The molecule has 1 aromatic rings. The third-order valence-corrected chi connectivity index (χ3v) is 4.32. The summed E-state index contributed by atoms with van der Waals surface area (Å²) in [6, 6.07) is 3.35. The van der Waals surface area contributed by atoms with Gasteiger partial charge in [-0.15, -0.1) is 11.6 Å². The standard InChI is InChI=1S/C13H20ClO6P/c1-5-18-21(15,19-6-2)20-13-11(16-3)7-10(9-14)8-12(13)17-4/h7-8H,5-6,9H2,1-4H3. The molecule has 8 heteroatoms. The summed E-state index contributed by atoms with van der Waals surface area (Å²) in [6.07, 6.45) is 0. The van der Waals surface area contributed by atoms with Crippen molar-refractivity contribution in [2.75, 3.05) is 27.4 Å². The van der Waals surface area contributed by atoms with Crippen LogP contribution in [0, 0.1) is 0 Å². The van der Waals surface area contributed by atoms with Crippen LogP contribution in [-0.2, 0) is 19.5 Å². The summed E-state index contributed by atoms with van der Waals surface area (Å²) < 4.78 is 38.6. The van der Waals surface area contributed by atoms with Crippen LogP contribution >= 0.6 is 19.4 Å². The van der Waals surface area contributed by atoms with E-state index in [-0.39, 0.29) is 24.8 Å². The lowest BCUT2D eigenvalue weighted by Crippen LogP contribution is -2.05. The zero-order valence-corrected chi connectivity index (χ0v) is 14.2. The number of methoxy groups -OCH3 is 2. The normalized spacial score (nSPS) is 11.3. The summed E-state index contributed by atoms with van der Waals surface area (Å²) in [5.41, 5.74) is 0.778. The smallest absolute Gasteiger partial charge is 0.493 e. The summed E-state index contributed by atoms with van der Waals surface area (Å²) in [7, 11) is -0.810. The maximum atomic E-state index is 12.5. The molecule has 6 nitrogen and oxygen atoms in total. The molecule has 0 atom stereocenters. The van der Waals surface area contributed by atoms with Crippen molar-refractivity contribution in [2.24, 2.45) is 0 Å². The minimum Gasteiger partial charge on any atom is -0.493 e. The molecular weight excluding hydrogens is 319 g/mol. The lowest BCUT2D eigenvalue weighted by Gasteiger charge is -2.20. The van der Waals surface area contributed by atoms with Crippen LogP contribution in [0.2, 0.25) is 0 Å². The van der Waals surface area contributed by atoms with Gasteiger partial charge in [0.25, 0.3) is 0 Å². The Labute approximate surface area is 129 Å². The Morgan fingerprint density at radius 1 is 1.05 bits per heavy atom. The fraction of sp³-hybridized carbons (Fsp3) is 0.538. The molecule has 0 fully saturated rings. The zero-order chi connectivity index (χ0) is 15.9. The van der Waals surface area contributed by atoms with E-state index in [1.54, 1.807) is 26.0 Å². The molecule has 120 valence electrons. The number of phosphoric ester groups is 1. The average molecular weight is 339 g/mol. The Hall–Kier alpha value is -0.940. The summed E-state index contributed by atoms with van der Waals surface area (Å²) in [6.45, 7) is 3.75. The third kappa shape index (κ3) is 4.78. The first-order valence-electron chi connectivity index (χ1n) is 6.43. The number of hydrogen-bond donors (Lipinski definition) is 0. The molecule has 0 saturated carbocycles. The van der Waals surface area contributed by atoms with Gasteiger partial charge >= 0.3 is 7.82 Å². The van der Waals surface area contributed by atoms with Gasteiger partial charge in [-0.25, -0.2) is 4.57 Å². The van der Waals surface area contributed by atoms with Crippen LogP contribution in [0.1, 0.15) is 19.4 Å². The Morgan fingerprint density at radius 2 is 1.52 bits per heavy atom. The van der Waals surface area contributed by atoms with Gasteiger partial charge in [0.1, 0.15) is 0 Å². The number of rotatable bonds is 9. The van der Waals surface area contributed by atoms with Gasteiger partial charge in [-0.3, -0.25) is 9.05 Å². The molecule has 0 heterocycles. The Balaban J connectivity index is 3.24. The maximum absolute atomic E-state index is 12.5. The van der Waals surface area contributed by atoms with E-state index in [1.165, 1.54) is 14.2 Å². The van der Waals surface area contributed by atoms with E-state index in [4.69, 9.17) is 34.6 Å². The third-order valence-electron chi connectivity index (χ3n) is 2.45. The predicted octanol–water partition coefficient (Wildman–Crippen LogP) is 4.00. The molecule has 0 spiro atoms. The molecule has 0 N–H and O–H groups in total. The summed E-state index contributed by atoms with van der Waals surface area (Å²) in [4.78, 5) is 0. The number of ether oxygens (including phenoxy) is 2. The largest absolute Gasteiger partial charge is 0.530 e. The fourth-order valence-corrected chi connectivity index (χ4v) is 2.99. The van der Waals surface area contributed by atoms with Crippen LogP contribution in [0.25, 0.3) is 0 Å². The highest BCUT2D eigenvalue weighted by molar-refractivity contribution is 7.48. The van der Waals surface area contributed by atoms with Gasteiger partial charge in [0, 0.05) is 5.88 Å². The van der Waals surface area contributed by atoms with Crippen LogP contribution in [0.5, 0.6) is 17.2 Å². The number of benzene rings is 1. The van der Waals surface area contributed by atoms with Crippen molar-refractivity contribution in [3.63, 3.8) is 0 Å². The van der Waals surface area contributed by atoms with Gasteiger partial charge in [0.05, 0.1) is 27.4 Å². The first-order valence-corrected chi connectivity index (χ1v) is 8.42. The van der Waals surface area contributed by atoms with E-state index in [1.807, 2.05) is 0 Å². The second-order valence-corrected chi connectivity index (χ2v) is 5.70. The van der Waals surface area contributed by atoms with Crippen molar-refractivity contribution in [2.45, 2.75) is 19.7 Å². The van der Waals surface area contributed by atoms with Crippen molar-refractivity contribution in [1.29, 1.82) is 0 Å². The minimum absolute atomic E-state index is 0.152. The van der Waals surface area contributed by atoms with Gasteiger partial charge in [-0.1, -0.05) is 0 Å². The van der Waals surface area contributed by atoms with Crippen molar-refractivity contribution < 1.29 is 27.6 Å². The lowest BCUT2D eigenvalue weighted by atomic mass is 10.2. The second kappa shape index (κ2) is 8.49. The van der Waals surface area contributed by atoms with Gasteiger partial charge < -0.3 is 14.0 Å². The van der Waals surface area contributed by atoms with E-state index in [9.17, 15) is 4.57 Å². The number of halogens is 1. The molecule has 0 aromatic heterocycles. The van der Waals surface area contributed by atoms with Crippen LogP contribution in [0.15, 0.2) is 12.1 Å². The van der Waals surface area contributed by atoms with Gasteiger partial charge in [-0.05, 0) is 31.5 Å². The first kappa shape index (κ1) is 18.1. The van der Waals surface area contributed by atoms with Gasteiger partial charge in [0.2, 0.25) is 5.75 Å². The van der Waals surface area contributed by atoms with Crippen molar-refractivity contribution in [3.05, 3.63) is 17.7 Å². The number of alkyl halides is 1. The number of hydrogen-bond acceptors (Lipinski definition) is 6. The number of phosphoric acid groups is 1. The second-order valence-electron chi connectivity index (χ2n) is 3.84. The lowest BCUT2D eigenvalue weighted by molar-refractivity contribution is 0.164. The quantitative estimate of drug-likeness (QED) is 0.501. The Bertz CT molecular complexity index is 472. The van der Waals surface area contributed by atoms with E-state index < -0.39 is 7.82 Å². The van der Waals surface area contributed by atoms with Crippen LogP contribution < -0.4 is 14.0 Å². The monoisotopic (exact) mass is 338 g/mol. The average Bonchev–Trinajstić information content (AvgIpc) is 2.47. The molecule has 0 bridgehead atoms. The van der Waals surface area contributed by atoms with Crippen molar-refractivity contribution in [3.8, 4) is 17.2 Å². The highest BCUT2D eigenvalue weighted by Gasteiger charge is 2.31. The molecule has 21 heavy (non-hydrogen) atoms. The molecular formula is C13H20ClO6P.